The molecule has 27 heavy (non-hydrogen) atoms. The molecule has 0 radical (unpaired) electrons. The van der Waals surface area contributed by atoms with E-state index in [1.165, 1.54) is 0 Å². The van der Waals surface area contributed by atoms with Crippen LogP contribution in [0.15, 0.2) is 47.4 Å². The van der Waals surface area contributed by atoms with Crippen LogP contribution in [0.5, 0.6) is 0 Å². The van der Waals surface area contributed by atoms with Crippen molar-refractivity contribution in [3.63, 3.8) is 0 Å². The number of benzene rings is 1. The van der Waals surface area contributed by atoms with Crippen LogP contribution in [0, 0.1) is 20.8 Å². The fourth-order valence-electron chi connectivity index (χ4n) is 3.27. The lowest BCUT2D eigenvalue weighted by molar-refractivity contribution is 0.0950. The number of carbonyl (C=O) groups excluding carboxylic acids is 1. The van der Waals surface area contributed by atoms with Gasteiger partial charge in [-0.15, -0.1) is 0 Å². The Labute approximate surface area is 158 Å². The van der Waals surface area contributed by atoms with E-state index in [1.807, 2.05) is 68.8 Å². The highest BCUT2D eigenvalue weighted by Crippen LogP contribution is 2.20. The van der Waals surface area contributed by atoms with Crippen LogP contribution in [0.2, 0.25) is 0 Å². The number of pyridine rings is 1. The molecule has 2 N–H and O–H groups in total. The quantitative estimate of drug-likeness (QED) is 0.730. The number of rotatable bonds is 5. The molecule has 0 spiro atoms. The van der Waals surface area contributed by atoms with Crippen molar-refractivity contribution in [1.29, 1.82) is 0 Å². The largest absolute Gasteiger partial charge is 0.348 e. The van der Waals surface area contributed by atoms with Gasteiger partial charge in [-0.2, -0.15) is 5.10 Å². The van der Waals surface area contributed by atoms with Crippen molar-refractivity contribution in [3.8, 4) is 0 Å². The molecule has 0 saturated heterocycles. The number of nitrogens with one attached hydrogen (secondary N) is 2. The summed E-state index contributed by atoms with van der Waals surface area (Å²) in [5.41, 5.74) is 4.49. The van der Waals surface area contributed by atoms with Gasteiger partial charge in [-0.25, -0.2) is 0 Å². The third-order valence-electron chi connectivity index (χ3n) is 4.86. The van der Waals surface area contributed by atoms with Crippen LogP contribution in [-0.2, 0) is 6.54 Å². The molecule has 1 atom stereocenters. The van der Waals surface area contributed by atoms with E-state index in [9.17, 15) is 9.59 Å². The maximum atomic E-state index is 12.6. The van der Waals surface area contributed by atoms with Gasteiger partial charge < -0.3 is 10.3 Å². The predicted octanol–water partition coefficient (Wildman–Crippen LogP) is 3.04. The molecular formula is C21H24N4O2. The van der Waals surface area contributed by atoms with Gasteiger partial charge in [0, 0.05) is 23.5 Å². The van der Waals surface area contributed by atoms with Crippen molar-refractivity contribution in [2.24, 2.45) is 0 Å². The van der Waals surface area contributed by atoms with E-state index in [0.717, 1.165) is 22.5 Å². The first kappa shape index (κ1) is 18.6. The summed E-state index contributed by atoms with van der Waals surface area (Å²) in [7, 11) is 0. The van der Waals surface area contributed by atoms with Gasteiger partial charge in [0.2, 0.25) is 0 Å². The van der Waals surface area contributed by atoms with Gasteiger partial charge in [0.1, 0.15) is 0 Å². The highest BCUT2D eigenvalue weighted by molar-refractivity contribution is 5.95. The summed E-state index contributed by atoms with van der Waals surface area (Å²) < 4.78 is 1.84. The van der Waals surface area contributed by atoms with Crippen LogP contribution >= 0.6 is 0 Å². The third-order valence-corrected chi connectivity index (χ3v) is 4.86. The monoisotopic (exact) mass is 364 g/mol. The van der Waals surface area contributed by atoms with Crippen molar-refractivity contribution in [3.05, 3.63) is 86.6 Å². The molecule has 0 unspecified atom stereocenters. The number of aromatic nitrogens is 3. The first-order valence-corrected chi connectivity index (χ1v) is 8.95. The molecule has 2 heterocycles. The smallest absolute Gasteiger partial charge is 0.255 e. The summed E-state index contributed by atoms with van der Waals surface area (Å²) in [5, 5.41) is 7.24. The standard InChI is InChI=1S/C21H24N4O2/c1-13-10-14(2)24-21(27)18(13)11-22-20(26)19-12-23-25(16(19)4)15(3)17-8-6-5-7-9-17/h5-10,12,15H,11H2,1-4H3,(H,22,26)(H,24,27)/t15-/m0/s1. The molecule has 1 aromatic carbocycles. The minimum absolute atomic E-state index is 0.0231. The maximum absolute atomic E-state index is 12.6. The average Bonchev–Trinajstić information content (AvgIpc) is 3.02. The van der Waals surface area contributed by atoms with Crippen LogP contribution in [0.25, 0.3) is 0 Å². The highest BCUT2D eigenvalue weighted by Gasteiger charge is 2.18. The van der Waals surface area contributed by atoms with Crippen LogP contribution in [0.1, 0.15) is 51.4 Å². The summed E-state index contributed by atoms with van der Waals surface area (Å²) in [5.74, 6) is -0.238. The number of aromatic amines is 1. The first-order chi connectivity index (χ1) is 12.9. The van der Waals surface area contributed by atoms with E-state index < -0.39 is 0 Å². The Morgan fingerprint density at radius 3 is 2.59 bits per heavy atom. The molecule has 0 aliphatic rings. The number of nitrogens with zero attached hydrogens (tertiary/aromatic N) is 2. The molecule has 0 bridgehead atoms. The van der Waals surface area contributed by atoms with E-state index in [0.29, 0.717) is 11.1 Å². The number of hydrogen-bond acceptors (Lipinski definition) is 3. The topological polar surface area (TPSA) is 79.8 Å². The zero-order valence-corrected chi connectivity index (χ0v) is 16.0. The van der Waals surface area contributed by atoms with Gasteiger partial charge >= 0.3 is 0 Å². The molecule has 0 fully saturated rings. The summed E-state index contributed by atoms with van der Waals surface area (Å²) in [6.45, 7) is 7.81. The van der Waals surface area contributed by atoms with Gasteiger partial charge in [-0.3, -0.25) is 14.3 Å². The lowest BCUT2D eigenvalue weighted by Crippen LogP contribution is -2.28. The van der Waals surface area contributed by atoms with Gasteiger partial charge in [-0.1, -0.05) is 30.3 Å². The SMILES string of the molecule is Cc1cc(C)c(CNC(=O)c2cnn([C@@H](C)c3ccccc3)c2C)c(=O)[nH]1. The van der Waals surface area contributed by atoms with Gasteiger partial charge in [0.05, 0.1) is 17.8 Å². The molecule has 2 aromatic heterocycles. The number of aryl methyl sites for hydroxylation is 2. The average molecular weight is 364 g/mol. The van der Waals surface area contributed by atoms with Gasteiger partial charge in [0.15, 0.2) is 0 Å². The molecular weight excluding hydrogens is 340 g/mol. The fraction of sp³-hybridized carbons (Fsp3) is 0.286. The van der Waals surface area contributed by atoms with Crippen LogP contribution < -0.4 is 10.9 Å². The molecule has 3 rings (SSSR count). The number of H-pyrrole nitrogens is 1. The van der Waals surface area contributed by atoms with Gasteiger partial charge in [-0.05, 0) is 44.9 Å². The molecule has 0 saturated carbocycles. The Balaban J connectivity index is 1.77. The van der Waals surface area contributed by atoms with E-state index in [1.54, 1.807) is 6.20 Å². The molecule has 1 amide bonds. The molecule has 3 aromatic rings. The second-order valence-corrected chi connectivity index (χ2v) is 6.80. The Kier molecular flexibility index (Phi) is 5.26. The maximum Gasteiger partial charge on any atom is 0.255 e. The zero-order chi connectivity index (χ0) is 19.6. The Bertz CT molecular complexity index is 1020. The van der Waals surface area contributed by atoms with Crippen molar-refractivity contribution < 1.29 is 4.79 Å². The summed E-state index contributed by atoms with van der Waals surface area (Å²) in [6, 6.07) is 11.9. The Morgan fingerprint density at radius 1 is 1.22 bits per heavy atom. The Hall–Kier alpha value is -3.15. The van der Waals surface area contributed by atoms with E-state index in [-0.39, 0.29) is 24.1 Å². The second-order valence-electron chi connectivity index (χ2n) is 6.80. The molecule has 0 aliphatic heterocycles. The summed E-state index contributed by atoms with van der Waals surface area (Å²) in [6.07, 6.45) is 1.58. The zero-order valence-electron chi connectivity index (χ0n) is 16.0. The number of hydrogen-bond donors (Lipinski definition) is 2. The Morgan fingerprint density at radius 2 is 1.93 bits per heavy atom. The fourth-order valence-corrected chi connectivity index (χ4v) is 3.27. The lowest BCUT2D eigenvalue weighted by atomic mass is 10.1. The number of amides is 1. The minimum Gasteiger partial charge on any atom is -0.348 e. The van der Waals surface area contributed by atoms with E-state index in [4.69, 9.17) is 0 Å². The molecule has 0 aliphatic carbocycles. The minimum atomic E-state index is -0.238. The summed E-state index contributed by atoms with van der Waals surface area (Å²) >= 11 is 0. The van der Waals surface area contributed by atoms with Crippen molar-refractivity contribution in [1.82, 2.24) is 20.1 Å². The van der Waals surface area contributed by atoms with Crippen LogP contribution in [0.4, 0.5) is 0 Å². The van der Waals surface area contributed by atoms with E-state index in [2.05, 4.69) is 15.4 Å². The first-order valence-electron chi connectivity index (χ1n) is 8.95. The van der Waals surface area contributed by atoms with Crippen molar-refractivity contribution >= 4 is 5.91 Å². The highest BCUT2D eigenvalue weighted by atomic mass is 16.2. The lowest BCUT2D eigenvalue weighted by Gasteiger charge is -2.15. The molecule has 6 nitrogen and oxygen atoms in total. The van der Waals surface area contributed by atoms with Gasteiger partial charge in [0.25, 0.3) is 11.5 Å². The second kappa shape index (κ2) is 7.61. The van der Waals surface area contributed by atoms with E-state index >= 15 is 0 Å². The van der Waals surface area contributed by atoms with Crippen LogP contribution in [0.3, 0.4) is 0 Å². The van der Waals surface area contributed by atoms with Crippen molar-refractivity contribution in [2.45, 2.75) is 40.3 Å². The predicted molar refractivity (Wildman–Crippen MR) is 105 cm³/mol. The molecule has 140 valence electrons. The number of carbonyl (C=O) groups is 1. The normalized spacial score (nSPS) is 12.0. The third kappa shape index (κ3) is 3.84. The van der Waals surface area contributed by atoms with Crippen LogP contribution in [-0.4, -0.2) is 20.7 Å². The summed E-state index contributed by atoms with van der Waals surface area (Å²) in [4.78, 5) is 27.5. The van der Waals surface area contributed by atoms with Crippen molar-refractivity contribution in [2.75, 3.05) is 0 Å². The molecule has 6 heteroatoms.